The smallest absolute Gasteiger partial charge is 0.342 e. The maximum atomic E-state index is 13.4. The Hall–Kier alpha value is -4.34. The molecule has 0 aromatic heterocycles. The number of carbonyl (C=O) groups excluding carboxylic acids is 4. The van der Waals surface area contributed by atoms with Gasteiger partial charge in [0, 0.05) is 24.3 Å². The zero-order chi connectivity index (χ0) is 28.8. The lowest BCUT2D eigenvalue weighted by Crippen LogP contribution is -2.23. The summed E-state index contributed by atoms with van der Waals surface area (Å²) in [7, 11) is 1.43. The van der Waals surface area contributed by atoms with Crippen molar-refractivity contribution in [1.82, 2.24) is 0 Å². The summed E-state index contributed by atoms with van der Waals surface area (Å²) < 4.78 is 22.0. The molecule has 0 spiro atoms. The number of benzene rings is 2. The van der Waals surface area contributed by atoms with E-state index in [-0.39, 0.29) is 47.2 Å². The van der Waals surface area contributed by atoms with Gasteiger partial charge in [-0.2, -0.15) is 0 Å². The number of phenolic OH excluding ortho intramolecular Hbond substituents is 1. The molecule has 212 valence electrons. The third kappa shape index (κ3) is 6.62. The van der Waals surface area contributed by atoms with Crippen molar-refractivity contribution in [2.45, 2.75) is 63.9 Å². The molecule has 1 unspecified atom stereocenters. The van der Waals surface area contributed by atoms with Crippen LogP contribution in [0, 0.1) is 0 Å². The molecule has 3 N–H and O–H groups in total. The van der Waals surface area contributed by atoms with E-state index in [1.165, 1.54) is 7.11 Å². The van der Waals surface area contributed by atoms with E-state index in [0.717, 1.165) is 0 Å². The lowest BCUT2D eigenvalue weighted by Gasteiger charge is -2.28. The van der Waals surface area contributed by atoms with Gasteiger partial charge in [-0.15, -0.1) is 0 Å². The molecule has 10 heteroatoms. The van der Waals surface area contributed by atoms with E-state index in [0.29, 0.717) is 55.4 Å². The Morgan fingerprint density at radius 1 is 1.12 bits per heavy atom. The molecule has 1 amide bonds. The number of methoxy groups -OCH3 is 1. The maximum Gasteiger partial charge on any atom is 0.342 e. The number of fused-ring (bicyclic) bond motifs is 2. The van der Waals surface area contributed by atoms with Crippen LogP contribution in [0.3, 0.4) is 0 Å². The Morgan fingerprint density at radius 2 is 1.90 bits per heavy atom. The van der Waals surface area contributed by atoms with E-state index in [9.17, 15) is 24.3 Å². The predicted molar refractivity (Wildman–Crippen MR) is 145 cm³/mol. The van der Waals surface area contributed by atoms with Crippen molar-refractivity contribution in [2.24, 2.45) is 5.73 Å². The van der Waals surface area contributed by atoms with Crippen molar-refractivity contribution in [2.75, 3.05) is 13.7 Å². The highest BCUT2D eigenvalue weighted by Crippen LogP contribution is 2.48. The van der Waals surface area contributed by atoms with E-state index in [1.54, 1.807) is 37.3 Å². The number of hydrogen-bond acceptors (Lipinski definition) is 9. The number of primary amides is 1. The van der Waals surface area contributed by atoms with E-state index in [2.05, 4.69) is 0 Å². The van der Waals surface area contributed by atoms with Crippen LogP contribution in [-0.4, -0.2) is 48.6 Å². The van der Waals surface area contributed by atoms with Gasteiger partial charge in [-0.1, -0.05) is 18.2 Å². The first-order valence-corrected chi connectivity index (χ1v) is 13.3. The van der Waals surface area contributed by atoms with E-state index < -0.39 is 29.9 Å². The molecule has 2 aliphatic heterocycles. The molecule has 4 rings (SSSR count). The number of rotatable bonds is 5. The lowest BCUT2D eigenvalue weighted by atomic mass is 9.83. The van der Waals surface area contributed by atoms with Crippen LogP contribution in [0.25, 0.3) is 6.08 Å². The quantitative estimate of drug-likeness (QED) is 0.412. The van der Waals surface area contributed by atoms with Crippen molar-refractivity contribution in [1.29, 1.82) is 0 Å². The van der Waals surface area contributed by atoms with Gasteiger partial charge in [0.2, 0.25) is 0 Å². The van der Waals surface area contributed by atoms with Crippen LogP contribution in [0.2, 0.25) is 0 Å². The Balaban J connectivity index is 1.78. The van der Waals surface area contributed by atoms with Crippen LogP contribution in [0.5, 0.6) is 23.0 Å². The second kappa shape index (κ2) is 12.7. The Kier molecular flexibility index (Phi) is 9.08. The fourth-order valence-electron chi connectivity index (χ4n) is 4.97. The van der Waals surface area contributed by atoms with Gasteiger partial charge in [-0.05, 0) is 61.9 Å². The molecule has 0 radical (unpaired) electrons. The highest BCUT2D eigenvalue weighted by atomic mass is 16.5. The van der Waals surface area contributed by atoms with Gasteiger partial charge in [-0.25, -0.2) is 4.79 Å². The van der Waals surface area contributed by atoms with Crippen LogP contribution in [0.4, 0.5) is 0 Å². The van der Waals surface area contributed by atoms with Crippen LogP contribution in [0.1, 0.15) is 84.8 Å². The van der Waals surface area contributed by atoms with Gasteiger partial charge >= 0.3 is 11.9 Å². The second-order valence-electron chi connectivity index (χ2n) is 9.94. The first kappa shape index (κ1) is 28.7. The number of amides is 1. The number of esters is 2. The Morgan fingerprint density at radius 3 is 2.65 bits per heavy atom. The number of Topliss-reactive ketones (excluding diaryl/α,β-unsaturated/α-hetero) is 1. The van der Waals surface area contributed by atoms with Crippen molar-refractivity contribution < 1.29 is 43.2 Å². The Labute approximate surface area is 232 Å². The minimum Gasteiger partial charge on any atom is -0.507 e. The monoisotopic (exact) mass is 551 g/mol. The average Bonchev–Trinajstić information content (AvgIpc) is 2.90. The maximum absolute atomic E-state index is 13.4. The van der Waals surface area contributed by atoms with Gasteiger partial charge < -0.3 is 29.8 Å². The zero-order valence-electron chi connectivity index (χ0n) is 22.6. The van der Waals surface area contributed by atoms with Gasteiger partial charge in [0.25, 0.3) is 5.91 Å². The van der Waals surface area contributed by atoms with Gasteiger partial charge in [-0.3, -0.25) is 14.4 Å². The molecule has 0 saturated heterocycles. The summed E-state index contributed by atoms with van der Waals surface area (Å²) in [5.74, 6) is -1.98. The summed E-state index contributed by atoms with van der Waals surface area (Å²) in [5.41, 5.74) is 6.37. The summed E-state index contributed by atoms with van der Waals surface area (Å²) in [6.07, 6.45) is 6.20. The molecule has 2 atom stereocenters. The molecule has 2 aliphatic rings. The summed E-state index contributed by atoms with van der Waals surface area (Å²) >= 11 is 0. The number of ketones is 1. The molecule has 0 fully saturated rings. The van der Waals surface area contributed by atoms with Crippen molar-refractivity contribution in [3.8, 4) is 23.0 Å². The summed E-state index contributed by atoms with van der Waals surface area (Å²) in [4.78, 5) is 49.3. The van der Waals surface area contributed by atoms with E-state index >= 15 is 0 Å². The topological polar surface area (TPSA) is 151 Å². The minimum atomic E-state index is -0.709. The van der Waals surface area contributed by atoms with E-state index in [1.807, 2.05) is 6.08 Å². The second-order valence-corrected chi connectivity index (χ2v) is 9.94. The summed E-state index contributed by atoms with van der Waals surface area (Å²) in [5, 5.41) is 11.5. The van der Waals surface area contributed by atoms with Crippen LogP contribution < -0.4 is 19.9 Å². The number of aromatic hydroxyl groups is 1. The number of cyclic esters (lactones) is 1. The molecular weight excluding hydrogens is 518 g/mol. The fourth-order valence-corrected chi connectivity index (χ4v) is 4.97. The number of phenols is 1. The molecule has 0 bridgehead atoms. The SMILES string of the molecule is COc1cc(C2CC(=O)Oc3cc4c(c(O)c32)C(=O)O[C@@H](C)CCCC(=O)CCCC=C4)ccc1OCC(N)=O. The standard InChI is InChI=1S/C30H33NO9/c1-17-7-6-10-20(32)9-5-3-4-8-19-14-24-28(29(35)27(19)30(36)39-17)21(15-26(34)40-24)18-11-12-22(23(13-18)37-2)38-16-25(31)33/h4,8,11-14,17,21,35H,3,5-7,9-10,15-16H2,1-2H3,(H2,31,33)/t17-,21?/m0/s1. The number of ether oxygens (including phenoxy) is 4. The number of nitrogens with two attached hydrogens (primary N) is 1. The molecule has 40 heavy (non-hydrogen) atoms. The summed E-state index contributed by atoms with van der Waals surface area (Å²) in [6, 6.07) is 6.45. The number of allylic oxidation sites excluding steroid dienone is 1. The van der Waals surface area contributed by atoms with Crippen molar-refractivity contribution >= 4 is 29.7 Å². The van der Waals surface area contributed by atoms with Crippen molar-refractivity contribution in [3.63, 3.8) is 0 Å². The molecular formula is C30H33NO9. The normalized spacial score (nSPS) is 19.9. The third-order valence-electron chi connectivity index (χ3n) is 6.94. The highest BCUT2D eigenvalue weighted by Gasteiger charge is 2.36. The first-order valence-electron chi connectivity index (χ1n) is 13.3. The van der Waals surface area contributed by atoms with Crippen LogP contribution >= 0.6 is 0 Å². The van der Waals surface area contributed by atoms with Crippen molar-refractivity contribution in [3.05, 3.63) is 52.6 Å². The molecule has 0 saturated carbocycles. The van der Waals surface area contributed by atoms with Crippen LogP contribution in [0.15, 0.2) is 30.3 Å². The lowest BCUT2D eigenvalue weighted by molar-refractivity contribution is -0.135. The average molecular weight is 552 g/mol. The van der Waals surface area contributed by atoms with E-state index in [4.69, 9.17) is 24.7 Å². The molecule has 0 aliphatic carbocycles. The van der Waals surface area contributed by atoms with Crippen LogP contribution in [-0.2, 0) is 19.1 Å². The largest absolute Gasteiger partial charge is 0.507 e. The molecule has 2 aromatic carbocycles. The highest BCUT2D eigenvalue weighted by molar-refractivity contribution is 5.98. The predicted octanol–water partition coefficient (Wildman–Crippen LogP) is 4.19. The zero-order valence-corrected chi connectivity index (χ0v) is 22.6. The van der Waals surface area contributed by atoms with Gasteiger partial charge in [0.05, 0.1) is 19.6 Å². The molecule has 10 nitrogen and oxygen atoms in total. The molecule has 2 heterocycles. The first-order chi connectivity index (χ1) is 19.2. The molecule has 2 aromatic rings. The Bertz CT molecular complexity index is 1350. The number of carbonyl (C=O) groups is 4. The van der Waals surface area contributed by atoms with Gasteiger partial charge in [0.1, 0.15) is 22.8 Å². The fraction of sp³-hybridized carbons (Fsp3) is 0.400. The third-order valence-corrected chi connectivity index (χ3v) is 6.94. The van der Waals surface area contributed by atoms with Gasteiger partial charge in [0.15, 0.2) is 18.1 Å². The number of hydrogen-bond donors (Lipinski definition) is 2. The summed E-state index contributed by atoms with van der Waals surface area (Å²) in [6.45, 7) is 1.41. The minimum absolute atomic E-state index is 0.0219.